The summed E-state index contributed by atoms with van der Waals surface area (Å²) in [6.07, 6.45) is 2.35. The van der Waals surface area contributed by atoms with Crippen LogP contribution in [0.25, 0.3) is 6.08 Å². The SMILES string of the molecule is CCOC(=O)c1ccc(NC(=O)CCCN2C(=O)C(=Cc3ccc(C(=O)OC)cc3)SC2=S)cc1. The summed E-state index contributed by atoms with van der Waals surface area (Å²) < 4.78 is 10.0. The van der Waals surface area contributed by atoms with Crippen LogP contribution in [0.5, 0.6) is 0 Å². The third kappa shape index (κ3) is 7.00. The molecular weight excluding hydrogens is 488 g/mol. The molecule has 0 aromatic heterocycles. The Balaban J connectivity index is 1.50. The summed E-state index contributed by atoms with van der Waals surface area (Å²) >= 11 is 6.54. The molecule has 1 aliphatic rings. The third-order valence-electron chi connectivity index (χ3n) is 4.97. The van der Waals surface area contributed by atoms with E-state index in [4.69, 9.17) is 17.0 Å². The number of thiocarbonyl (C=S) groups is 1. The van der Waals surface area contributed by atoms with Gasteiger partial charge in [0, 0.05) is 18.7 Å². The van der Waals surface area contributed by atoms with Gasteiger partial charge >= 0.3 is 11.9 Å². The van der Waals surface area contributed by atoms with Gasteiger partial charge in [-0.1, -0.05) is 36.1 Å². The second kappa shape index (κ2) is 12.3. The third-order valence-corrected chi connectivity index (χ3v) is 6.35. The molecule has 0 bridgehead atoms. The molecule has 0 aliphatic carbocycles. The number of carbonyl (C=O) groups excluding carboxylic acids is 4. The van der Waals surface area contributed by atoms with Crippen LogP contribution in [-0.2, 0) is 19.1 Å². The van der Waals surface area contributed by atoms with E-state index in [1.54, 1.807) is 61.5 Å². The smallest absolute Gasteiger partial charge is 0.338 e. The highest BCUT2D eigenvalue weighted by molar-refractivity contribution is 8.26. The minimum atomic E-state index is -0.430. The summed E-state index contributed by atoms with van der Waals surface area (Å²) in [7, 11) is 1.32. The zero-order valence-electron chi connectivity index (χ0n) is 19.2. The average Bonchev–Trinajstić information content (AvgIpc) is 3.12. The van der Waals surface area contributed by atoms with Crippen LogP contribution in [-0.4, -0.2) is 53.2 Å². The van der Waals surface area contributed by atoms with E-state index in [1.165, 1.54) is 23.8 Å². The number of rotatable bonds is 9. The van der Waals surface area contributed by atoms with Crippen LogP contribution in [0.2, 0.25) is 0 Å². The van der Waals surface area contributed by atoms with Gasteiger partial charge in [-0.15, -0.1) is 0 Å². The normalized spacial score (nSPS) is 14.2. The van der Waals surface area contributed by atoms with Crippen molar-refractivity contribution in [3.8, 4) is 0 Å². The molecule has 35 heavy (non-hydrogen) atoms. The van der Waals surface area contributed by atoms with Crippen LogP contribution < -0.4 is 5.32 Å². The molecule has 1 aliphatic heterocycles. The van der Waals surface area contributed by atoms with Crippen molar-refractivity contribution < 1.29 is 28.7 Å². The number of nitrogens with one attached hydrogen (secondary N) is 1. The molecule has 0 unspecified atom stereocenters. The van der Waals surface area contributed by atoms with E-state index in [9.17, 15) is 19.2 Å². The number of thioether (sulfide) groups is 1. The maximum absolute atomic E-state index is 12.8. The van der Waals surface area contributed by atoms with E-state index in [0.29, 0.717) is 45.6 Å². The number of benzene rings is 2. The van der Waals surface area contributed by atoms with E-state index in [0.717, 1.165) is 5.56 Å². The Morgan fingerprint density at radius 2 is 1.66 bits per heavy atom. The number of anilines is 1. The van der Waals surface area contributed by atoms with Gasteiger partial charge in [-0.05, 0) is 61.4 Å². The van der Waals surface area contributed by atoms with E-state index < -0.39 is 11.9 Å². The lowest BCUT2D eigenvalue weighted by atomic mass is 10.1. The van der Waals surface area contributed by atoms with E-state index in [2.05, 4.69) is 10.1 Å². The molecule has 1 fully saturated rings. The van der Waals surface area contributed by atoms with Crippen molar-refractivity contribution in [2.75, 3.05) is 25.6 Å². The minimum absolute atomic E-state index is 0.199. The van der Waals surface area contributed by atoms with Gasteiger partial charge < -0.3 is 14.8 Å². The molecule has 0 spiro atoms. The quantitative estimate of drug-likeness (QED) is 0.302. The Hall–Kier alpha value is -3.50. The van der Waals surface area contributed by atoms with Gasteiger partial charge in [0.25, 0.3) is 5.91 Å². The second-order valence-electron chi connectivity index (χ2n) is 7.40. The summed E-state index contributed by atoms with van der Waals surface area (Å²) in [4.78, 5) is 50.3. The average molecular weight is 513 g/mol. The highest BCUT2D eigenvalue weighted by Gasteiger charge is 2.31. The summed E-state index contributed by atoms with van der Waals surface area (Å²) in [6, 6.07) is 13.1. The van der Waals surface area contributed by atoms with Crippen molar-refractivity contribution in [3.05, 3.63) is 70.1 Å². The van der Waals surface area contributed by atoms with Gasteiger partial charge in [-0.3, -0.25) is 14.5 Å². The Kier molecular flexibility index (Phi) is 9.16. The number of carbonyl (C=O) groups is 4. The standard InChI is InChI=1S/C25H24N2O6S2/c1-3-33-24(31)18-10-12-19(13-11-18)26-21(28)5-4-14-27-22(29)20(35-25(27)34)15-16-6-8-17(9-7-16)23(30)32-2/h6-13,15H,3-5,14H2,1-2H3,(H,26,28). The summed E-state index contributed by atoms with van der Waals surface area (Å²) in [5, 5.41) is 2.77. The molecule has 182 valence electrons. The number of nitrogens with zero attached hydrogens (tertiary/aromatic N) is 1. The monoisotopic (exact) mass is 512 g/mol. The van der Waals surface area contributed by atoms with Gasteiger partial charge in [0.05, 0.1) is 29.7 Å². The summed E-state index contributed by atoms with van der Waals surface area (Å²) in [6.45, 7) is 2.34. The molecule has 0 atom stereocenters. The molecule has 1 saturated heterocycles. The number of hydrogen-bond acceptors (Lipinski definition) is 8. The highest BCUT2D eigenvalue weighted by Crippen LogP contribution is 2.32. The predicted molar refractivity (Wildman–Crippen MR) is 138 cm³/mol. The van der Waals surface area contributed by atoms with Crippen LogP contribution in [0.15, 0.2) is 53.4 Å². The highest BCUT2D eigenvalue weighted by atomic mass is 32.2. The number of amides is 2. The van der Waals surface area contributed by atoms with Crippen molar-refractivity contribution in [1.82, 2.24) is 4.90 Å². The largest absolute Gasteiger partial charge is 0.465 e. The number of esters is 2. The summed E-state index contributed by atoms with van der Waals surface area (Å²) in [5.41, 5.74) is 2.15. The van der Waals surface area contributed by atoms with E-state index >= 15 is 0 Å². The van der Waals surface area contributed by atoms with Crippen LogP contribution in [0.1, 0.15) is 46.0 Å². The molecule has 3 rings (SSSR count). The maximum Gasteiger partial charge on any atom is 0.338 e. The first-order valence-electron chi connectivity index (χ1n) is 10.8. The van der Waals surface area contributed by atoms with Crippen molar-refractivity contribution in [2.45, 2.75) is 19.8 Å². The lowest BCUT2D eigenvalue weighted by Gasteiger charge is -2.14. The zero-order valence-corrected chi connectivity index (χ0v) is 20.9. The van der Waals surface area contributed by atoms with Gasteiger partial charge in [0.15, 0.2) is 0 Å². The molecule has 2 aromatic carbocycles. The first-order chi connectivity index (χ1) is 16.8. The van der Waals surface area contributed by atoms with Crippen molar-refractivity contribution >= 4 is 63.8 Å². The van der Waals surface area contributed by atoms with Crippen molar-refractivity contribution in [3.63, 3.8) is 0 Å². The second-order valence-corrected chi connectivity index (χ2v) is 9.07. The Morgan fingerprint density at radius 1 is 1.03 bits per heavy atom. The Morgan fingerprint density at radius 3 is 2.29 bits per heavy atom. The molecule has 1 heterocycles. The number of methoxy groups -OCH3 is 1. The first kappa shape index (κ1) is 26.1. The molecule has 2 aromatic rings. The molecular formula is C25H24N2O6S2. The van der Waals surface area contributed by atoms with E-state index in [-0.39, 0.29) is 18.2 Å². The van der Waals surface area contributed by atoms with Gasteiger partial charge in [0.1, 0.15) is 4.32 Å². The predicted octanol–water partition coefficient (Wildman–Crippen LogP) is 4.27. The lowest BCUT2D eigenvalue weighted by molar-refractivity contribution is -0.122. The fourth-order valence-electron chi connectivity index (χ4n) is 3.20. The molecule has 0 radical (unpaired) electrons. The molecule has 2 amide bonds. The first-order valence-corrected chi connectivity index (χ1v) is 12.1. The molecule has 1 N–H and O–H groups in total. The fraction of sp³-hybridized carbons (Fsp3) is 0.240. The maximum atomic E-state index is 12.8. The van der Waals surface area contributed by atoms with Crippen LogP contribution in [0.4, 0.5) is 5.69 Å². The molecule has 8 nitrogen and oxygen atoms in total. The van der Waals surface area contributed by atoms with Crippen LogP contribution >= 0.6 is 24.0 Å². The zero-order chi connectivity index (χ0) is 25.4. The lowest BCUT2D eigenvalue weighted by Crippen LogP contribution is -2.29. The topological polar surface area (TPSA) is 102 Å². The van der Waals surface area contributed by atoms with Crippen LogP contribution in [0, 0.1) is 0 Å². The van der Waals surface area contributed by atoms with E-state index in [1.807, 2.05) is 0 Å². The van der Waals surface area contributed by atoms with Crippen LogP contribution in [0.3, 0.4) is 0 Å². The Bertz CT molecular complexity index is 1160. The minimum Gasteiger partial charge on any atom is -0.465 e. The summed E-state index contributed by atoms with van der Waals surface area (Å²) in [5.74, 6) is -1.27. The molecule has 0 saturated carbocycles. The van der Waals surface area contributed by atoms with Gasteiger partial charge in [0.2, 0.25) is 5.91 Å². The number of hydrogen-bond donors (Lipinski definition) is 1. The van der Waals surface area contributed by atoms with Gasteiger partial charge in [-0.2, -0.15) is 0 Å². The van der Waals surface area contributed by atoms with Crippen molar-refractivity contribution in [1.29, 1.82) is 0 Å². The Labute approximate surface area is 212 Å². The van der Waals surface area contributed by atoms with Crippen molar-refractivity contribution in [2.24, 2.45) is 0 Å². The fourth-order valence-corrected chi connectivity index (χ4v) is 4.51. The molecule has 10 heteroatoms. The van der Waals surface area contributed by atoms with Gasteiger partial charge in [-0.25, -0.2) is 9.59 Å². The number of ether oxygens (including phenoxy) is 2.